The van der Waals surface area contributed by atoms with Crippen molar-refractivity contribution in [2.24, 2.45) is 0 Å². The van der Waals surface area contributed by atoms with E-state index in [0.29, 0.717) is 39.0 Å². The van der Waals surface area contributed by atoms with Crippen LogP contribution in [0.2, 0.25) is 0 Å². The molecule has 0 aromatic carbocycles. The Morgan fingerprint density at radius 3 is 2.71 bits per heavy atom. The van der Waals surface area contributed by atoms with Crippen molar-refractivity contribution in [1.29, 1.82) is 0 Å². The van der Waals surface area contributed by atoms with E-state index < -0.39 is 11.7 Å². The lowest BCUT2D eigenvalue weighted by molar-refractivity contribution is -0.171. The molecule has 1 fully saturated rings. The lowest BCUT2D eigenvalue weighted by Crippen LogP contribution is -2.56. The second-order valence-electron chi connectivity index (χ2n) is 8.19. The highest BCUT2D eigenvalue weighted by Gasteiger charge is 2.47. The van der Waals surface area contributed by atoms with E-state index in [1.807, 2.05) is 48.5 Å². The van der Waals surface area contributed by atoms with Crippen molar-refractivity contribution in [1.82, 2.24) is 30.0 Å². The largest absolute Gasteiger partial charge is 0.352 e. The molecule has 0 radical (unpaired) electrons. The summed E-state index contributed by atoms with van der Waals surface area (Å²) < 4.78 is 8.38. The molecule has 3 rings (SSSR count). The van der Waals surface area contributed by atoms with Crippen LogP contribution in [0, 0.1) is 0 Å². The Bertz CT molecular complexity index is 694. The van der Waals surface area contributed by atoms with Gasteiger partial charge in [0.15, 0.2) is 6.10 Å². The van der Waals surface area contributed by atoms with Gasteiger partial charge in [0.05, 0.1) is 6.54 Å². The first-order valence-corrected chi connectivity index (χ1v) is 9.98. The number of amides is 3. The highest BCUT2D eigenvalue weighted by Crippen LogP contribution is 2.40. The monoisotopic (exact) mass is 392 g/mol. The molecule has 9 nitrogen and oxygen atoms in total. The predicted octanol–water partition coefficient (Wildman–Crippen LogP) is 0.369. The highest BCUT2D eigenvalue weighted by molar-refractivity contribution is 5.81. The number of hydrogen-bond donors (Lipinski definition) is 2. The average molecular weight is 393 g/mol. The van der Waals surface area contributed by atoms with Gasteiger partial charge in [-0.2, -0.15) is 0 Å². The summed E-state index contributed by atoms with van der Waals surface area (Å²) in [5, 5.41) is 5.90. The first-order chi connectivity index (χ1) is 13.3. The van der Waals surface area contributed by atoms with Gasteiger partial charge in [-0.05, 0) is 27.9 Å². The van der Waals surface area contributed by atoms with Crippen LogP contribution >= 0.6 is 0 Å². The highest BCUT2D eigenvalue weighted by atomic mass is 16.5. The van der Waals surface area contributed by atoms with E-state index in [2.05, 4.69) is 15.6 Å². The normalized spacial score (nSPS) is 21.1. The summed E-state index contributed by atoms with van der Waals surface area (Å²) in [5.41, 5.74) is -0.625. The number of nitrogens with one attached hydrogen (secondary N) is 2. The number of ether oxygens (including phenoxy) is 1. The van der Waals surface area contributed by atoms with E-state index in [9.17, 15) is 9.59 Å². The molecule has 1 atom stereocenters. The molecule has 9 heteroatoms. The van der Waals surface area contributed by atoms with Crippen LogP contribution in [0.4, 0.5) is 4.79 Å². The number of carbonyl (C=O) groups excluding carboxylic acids is 2. The molecular formula is C19H32N6O3. The Kier molecular flexibility index (Phi) is 6.24. The summed E-state index contributed by atoms with van der Waals surface area (Å²) in [4.78, 5) is 33.3. The van der Waals surface area contributed by atoms with E-state index in [1.165, 1.54) is 0 Å². The van der Waals surface area contributed by atoms with Crippen molar-refractivity contribution in [3.05, 3.63) is 18.2 Å². The molecule has 0 aliphatic carbocycles. The number of nitrogens with zero attached hydrogens (tertiary/aromatic N) is 4. The van der Waals surface area contributed by atoms with Crippen LogP contribution in [-0.4, -0.2) is 83.7 Å². The zero-order valence-electron chi connectivity index (χ0n) is 17.3. The standard InChI is InChI=1S/C19H32N6O3/c1-14(2)22-18(27)24-9-5-19(6-10-24)17-21-8-12-25(17)13-15(28-19)16(26)20-7-11-23(3)4/h8,12,14-15H,5-7,9-11,13H2,1-4H3,(H,20,26)(H,22,27)/t15-/m1/s1. The van der Waals surface area contributed by atoms with E-state index >= 15 is 0 Å². The first-order valence-electron chi connectivity index (χ1n) is 9.98. The van der Waals surface area contributed by atoms with Crippen molar-refractivity contribution in [2.45, 2.75) is 51.0 Å². The lowest BCUT2D eigenvalue weighted by Gasteiger charge is -2.45. The molecule has 2 aliphatic rings. The summed E-state index contributed by atoms with van der Waals surface area (Å²) >= 11 is 0. The van der Waals surface area contributed by atoms with Gasteiger partial charge in [0, 0.05) is 57.5 Å². The average Bonchev–Trinajstić information content (AvgIpc) is 3.11. The Balaban J connectivity index is 1.67. The van der Waals surface area contributed by atoms with Gasteiger partial charge in [0.1, 0.15) is 11.4 Å². The summed E-state index contributed by atoms with van der Waals surface area (Å²) in [6.45, 7) is 6.86. The number of imidazole rings is 1. The molecule has 3 amide bonds. The van der Waals surface area contributed by atoms with Crippen molar-refractivity contribution in [2.75, 3.05) is 40.3 Å². The van der Waals surface area contributed by atoms with Gasteiger partial charge in [-0.25, -0.2) is 9.78 Å². The Morgan fingerprint density at radius 2 is 2.07 bits per heavy atom. The van der Waals surface area contributed by atoms with Crippen LogP contribution in [0.25, 0.3) is 0 Å². The SMILES string of the molecule is CC(C)NC(=O)N1CCC2(CC1)O[C@@H](C(=O)NCCN(C)C)Cn1ccnc12. The van der Waals surface area contributed by atoms with Crippen LogP contribution < -0.4 is 10.6 Å². The first kappa shape index (κ1) is 20.6. The fourth-order valence-corrected chi connectivity index (χ4v) is 3.80. The lowest BCUT2D eigenvalue weighted by atomic mass is 9.88. The molecule has 28 heavy (non-hydrogen) atoms. The number of rotatable bonds is 5. The molecule has 0 saturated carbocycles. The molecule has 156 valence electrons. The topological polar surface area (TPSA) is 91.7 Å². The van der Waals surface area contributed by atoms with Crippen LogP contribution in [0.1, 0.15) is 32.5 Å². The molecule has 1 spiro atoms. The molecular weight excluding hydrogens is 360 g/mol. The van der Waals surface area contributed by atoms with Crippen LogP contribution in [0.15, 0.2) is 12.4 Å². The molecule has 0 bridgehead atoms. The number of aromatic nitrogens is 2. The maximum absolute atomic E-state index is 12.7. The minimum absolute atomic E-state index is 0.0537. The third kappa shape index (κ3) is 4.47. The van der Waals surface area contributed by atoms with Gasteiger partial charge in [-0.1, -0.05) is 0 Å². The number of piperidine rings is 1. The van der Waals surface area contributed by atoms with Crippen LogP contribution in [0.5, 0.6) is 0 Å². The Morgan fingerprint density at radius 1 is 1.36 bits per heavy atom. The van der Waals surface area contributed by atoms with Gasteiger partial charge in [-0.3, -0.25) is 4.79 Å². The maximum atomic E-state index is 12.7. The summed E-state index contributed by atoms with van der Waals surface area (Å²) in [7, 11) is 3.94. The zero-order chi connectivity index (χ0) is 20.3. The maximum Gasteiger partial charge on any atom is 0.317 e. The van der Waals surface area contributed by atoms with Crippen molar-refractivity contribution in [3.8, 4) is 0 Å². The Labute approximate surface area is 166 Å². The van der Waals surface area contributed by atoms with E-state index in [0.717, 1.165) is 12.4 Å². The number of carbonyl (C=O) groups is 2. The number of likely N-dealkylation sites (N-methyl/N-ethyl adjacent to an activating group) is 1. The molecule has 3 heterocycles. The quantitative estimate of drug-likeness (QED) is 0.755. The molecule has 2 N–H and O–H groups in total. The van der Waals surface area contributed by atoms with Gasteiger partial charge in [0.2, 0.25) is 0 Å². The van der Waals surface area contributed by atoms with Gasteiger partial charge in [-0.15, -0.1) is 0 Å². The predicted molar refractivity (Wildman–Crippen MR) is 105 cm³/mol. The van der Waals surface area contributed by atoms with Crippen molar-refractivity contribution < 1.29 is 14.3 Å². The minimum Gasteiger partial charge on any atom is -0.352 e. The van der Waals surface area contributed by atoms with E-state index in [1.54, 1.807) is 6.20 Å². The number of likely N-dealkylation sites (tertiary alicyclic amines) is 1. The minimum atomic E-state index is -0.625. The smallest absolute Gasteiger partial charge is 0.317 e. The van der Waals surface area contributed by atoms with Crippen LogP contribution in [0.3, 0.4) is 0 Å². The number of hydrogen-bond acceptors (Lipinski definition) is 5. The zero-order valence-corrected chi connectivity index (χ0v) is 17.3. The molecule has 2 aliphatic heterocycles. The van der Waals surface area contributed by atoms with Gasteiger partial charge in [0.25, 0.3) is 5.91 Å². The molecule has 1 aromatic rings. The number of fused-ring (bicyclic) bond motifs is 2. The summed E-state index contributed by atoms with van der Waals surface area (Å²) in [6, 6.07) is 0.0467. The van der Waals surface area contributed by atoms with Crippen molar-refractivity contribution in [3.63, 3.8) is 0 Å². The molecule has 1 aromatic heterocycles. The molecule has 0 unspecified atom stereocenters. The van der Waals surface area contributed by atoms with E-state index in [4.69, 9.17) is 4.74 Å². The van der Waals surface area contributed by atoms with E-state index in [-0.39, 0.29) is 18.0 Å². The van der Waals surface area contributed by atoms with Crippen molar-refractivity contribution >= 4 is 11.9 Å². The number of urea groups is 1. The summed E-state index contributed by atoms with van der Waals surface area (Å²) in [5.74, 6) is 0.759. The van der Waals surface area contributed by atoms with Gasteiger partial charge < -0.3 is 29.7 Å². The third-order valence-corrected chi connectivity index (χ3v) is 5.27. The third-order valence-electron chi connectivity index (χ3n) is 5.27. The fourth-order valence-electron chi connectivity index (χ4n) is 3.80. The summed E-state index contributed by atoms with van der Waals surface area (Å²) in [6.07, 6.45) is 4.34. The second kappa shape index (κ2) is 8.48. The fraction of sp³-hybridized carbons (Fsp3) is 0.737. The Hall–Kier alpha value is -2.13. The van der Waals surface area contributed by atoms with Crippen LogP contribution in [-0.2, 0) is 21.7 Å². The second-order valence-corrected chi connectivity index (χ2v) is 8.19. The molecule has 1 saturated heterocycles. The van der Waals surface area contributed by atoms with Gasteiger partial charge >= 0.3 is 6.03 Å².